The van der Waals surface area contributed by atoms with Crippen molar-refractivity contribution in [3.05, 3.63) is 120 Å². The number of aromatic nitrogens is 5. The quantitative estimate of drug-likeness (QED) is 0.0289. The lowest BCUT2D eigenvalue weighted by Gasteiger charge is -2.28. The lowest BCUT2D eigenvalue weighted by atomic mass is 10.0. The van der Waals surface area contributed by atoms with Crippen molar-refractivity contribution in [2.24, 2.45) is 28.9 Å². The molecule has 7 atom stereocenters. The van der Waals surface area contributed by atoms with E-state index in [0.717, 1.165) is 41.1 Å². The van der Waals surface area contributed by atoms with Crippen LogP contribution in [0.3, 0.4) is 0 Å². The van der Waals surface area contributed by atoms with Crippen LogP contribution in [0.15, 0.2) is 97.2 Å². The van der Waals surface area contributed by atoms with Crippen LogP contribution in [-0.2, 0) is 65.8 Å². The van der Waals surface area contributed by atoms with Gasteiger partial charge in [-0.2, -0.15) is 0 Å². The molecule has 0 radical (unpaired) electrons. The van der Waals surface area contributed by atoms with Gasteiger partial charge in [-0.25, -0.2) is 0 Å². The van der Waals surface area contributed by atoms with Crippen molar-refractivity contribution in [2.45, 2.75) is 146 Å². The summed E-state index contributed by atoms with van der Waals surface area (Å²) in [7, 11) is 0. The molecular weight excluding hydrogens is 1020 g/mol. The zero-order valence-electron chi connectivity index (χ0n) is 45.8. The Morgan fingerprint density at radius 1 is 0.588 bits per heavy atom. The molecule has 3 aromatic heterocycles. The van der Waals surface area contributed by atoms with E-state index in [1.165, 1.54) is 0 Å². The van der Waals surface area contributed by atoms with E-state index in [1.807, 2.05) is 66.7 Å². The molecule has 7 rings (SSSR count). The number of piperidine rings is 1. The number of rotatable bonds is 30. The summed E-state index contributed by atoms with van der Waals surface area (Å²) in [6, 6.07) is 20.2. The molecule has 80 heavy (non-hydrogen) atoms. The van der Waals surface area contributed by atoms with Gasteiger partial charge in [0.2, 0.25) is 41.4 Å². The molecule has 1 aliphatic heterocycles. The van der Waals surface area contributed by atoms with Gasteiger partial charge < -0.3 is 64.4 Å². The first kappa shape index (κ1) is 59.7. The molecule has 15 N–H and O–H groups in total. The van der Waals surface area contributed by atoms with Gasteiger partial charge in [-0.15, -0.1) is 5.10 Å². The van der Waals surface area contributed by atoms with Gasteiger partial charge in [-0.1, -0.05) is 85.8 Å². The number of para-hydroxylation sites is 2. The Bertz CT molecular complexity index is 2960. The average molecular weight is 1100 g/mol. The Hall–Kier alpha value is -7.95. The summed E-state index contributed by atoms with van der Waals surface area (Å²) in [5.74, 6) is -4.39. The summed E-state index contributed by atoms with van der Waals surface area (Å²) in [6.45, 7) is 5.69. The van der Waals surface area contributed by atoms with Crippen LogP contribution in [0.25, 0.3) is 21.8 Å². The number of hydrogen-bond donors (Lipinski definition) is 11. The number of primary amides is 1. The third-order valence-corrected chi connectivity index (χ3v) is 14.6. The summed E-state index contributed by atoms with van der Waals surface area (Å²) in [5, 5.41) is 24.6. The van der Waals surface area contributed by atoms with Gasteiger partial charge in [0.05, 0.1) is 17.8 Å². The molecular formula is C58H79N15O7. The molecule has 7 unspecified atom stereocenters. The van der Waals surface area contributed by atoms with Crippen LogP contribution in [0.5, 0.6) is 0 Å². The Kier molecular flexibility index (Phi) is 21.9. The third kappa shape index (κ3) is 17.3. The van der Waals surface area contributed by atoms with Crippen molar-refractivity contribution < 1.29 is 33.6 Å². The van der Waals surface area contributed by atoms with Crippen LogP contribution in [0.4, 0.5) is 0 Å². The molecule has 1 saturated heterocycles. The molecule has 1 aliphatic rings. The van der Waals surface area contributed by atoms with Crippen LogP contribution in [-0.4, -0.2) is 133 Å². The fourth-order valence-corrected chi connectivity index (χ4v) is 9.93. The number of carbonyl (C=O) groups excluding carboxylic acids is 7. The molecule has 6 aromatic rings. The van der Waals surface area contributed by atoms with E-state index in [-0.39, 0.29) is 50.4 Å². The van der Waals surface area contributed by atoms with Crippen molar-refractivity contribution in [3.8, 4) is 0 Å². The number of nitrogens with one attached hydrogen (secondary N) is 7. The standard InChI is InChI=1S/C58H79N15O7/c1-36(2)51(61)57(79)66-47(23-11-13-25-59)54(76)69-50(34-41-31-39-20-8-10-22-45(39)64-41)56(78)65-46(24-12-16-28-73-35-42(70-71-73)32-43(60)58(80)72-26-14-4-15-27-72)53(75)68-49(29-37-17-5-3-6-18-37)55(77)67-48(52(62)74)33-40-30-38-19-7-9-21-44(38)63-40/h3,5-10,17-22,30-31,35-36,43,46-51,63-64H,4,11-16,23-29,32-34,59-61H2,1-2H3,(H2,62,74)(H,65,78)(H,66,79)(H,67,77)(H,68,75)(H,69,76). The number of benzene rings is 3. The number of nitrogens with two attached hydrogens (primary N) is 4. The number of amides is 7. The van der Waals surface area contributed by atoms with Crippen LogP contribution in [0, 0.1) is 5.92 Å². The number of carbonyl (C=O) groups is 7. The predicted octanol–water partition coefficient (Wildman–Crippen LogP) is 2.04. The van der Waals surface area contributed by atoms with Gasteiger partial charge in [0.25, 0.3) is 0 Å². The van der Waals surface area contributed by atoms with Crippen LogP contribution < -0.4 is 49.5 Å². The van der Waals surface area contributed by atoms with Gasteiger partial charge in [0.1, 0.15) is 30.2 Å². The highest BCUT2D eigenvalue weighted by Crippen LogP contribution is 2.19. The second kappa shape index (κ2) is 29.3. The summed E-state index contributed by atoms with van der Waals surface area (Å²) in [5.41, 5.74) is 28.4. The number of fused-ring (bicyclic) bond motifs is 2. The Morgan fingerprint density at radius 2 is 1.09 bits per heavy atom. The molecule has 22 heteroatoms. The van der Waals surface area contributed by atoms with Gasteiger partial charge in [-0.05, 0) is 111 Å². The summed E-state index contributed by atoms with van der Waals surface area (Å²) >= 11 is 0. The molecule has 0 saturated carbocycles. The predicted molar refractivity (Wildman–Crippen MR) is 305 cm³/mol. The molecule has 0 aliphatic carbocycles. The van der Waals surface area contributed by atoms with Crippen LogP contribution in [0.2, 0.25) is 0 Å². The molecule has 7 amide bonds. The monoisotopic (exact) mass is 1100 g/mol. The maximum Gasteiger partial charge on any atom is 0.243 e. The molecule has 0 spiro atoms. The first-order chi connectivity index (χ1) is 38.5. The van der Waals surface area contributed by atoms with E-state index >= 15 is 0 Å². The SMILES string of the molecule is CC(C)C(N)C(=O)NC(CCCCN)C(=O)NC(Cc1cc2ccccc2[nH]1)C(=O)NC(CCCCn1cc(CC(N)C(=O)N2CCCCC2)nn1)C(=O)NC(Cc1ccccc1)C(=O)NC(Cc1cc2ccccc2[nH]1)C(N)=O. The fourth-order valence-electron chi connectivity index (χ4n) is 9.93. The second-order valence-electron chi connectivity index (χ2n) is 21.3. The van der Waals surface area contributed by atoms with Crippen molar-refractivity contribution in [3.63, 3.8) is 0 Å². The number of likely N-dealkylation sites (tertiary alicyclic amines) is 1. The zero-order valence-corrected chi connectivity index (χ0v) is 45.8. The van der Waals surface area contributed by atoms with Crippen LogP contribution >= 0.6 is 0 Å². The number of aryl methyl sites for hydroxylation is 1. The van der Waals surface area contributed by atoms with E-state index in [4.69, 9.17) is 22.9 Å². The summed E-state index contributed by atoms with van der Waals surface area (Å²) < 4.78 is 1.63. The molecule has 1 fully saturated rings. The van der Waals surface area contributed by atoms with Crippen LogP contribution in [0.1, 0.15) is 94.3 Å². The first-order valence-corrected chi connectivity index (χ1v) is 27.9. The molecule has 428 valence electrons. The largest absolute Gasteiger partial charge is 0.368 e. The third-order valence-electron chi connectivity index (χ3n) is 14.6. The minimum Gasteiger partial charge on any atom is -0.368 e. The van der Waals surface area contributed by atoms with Gasteiger partial charge in [-0.3, -0.25) is 38.2 Å². The van der Waals surface area contributed by atoms with Gasteiger partial charge >= 0.3 is 0 Å². The summed E-state index contributed by atoms with van der Waals surface area (Å²) in [6.07, 6.45) is 7.11. The van der Waals surface area contributed by atoms with E-state index in [9.17, 15) is 33.6 Å². The highest BCUT2D eigenvalue weighted by atomic mass is 16.2. The zero-order chi connectivity index (χ0) is 57.1. The lowest BCUT2D eigenvalue weighted by molar-refractivity contribution is -0.135. The smallest absolute Gasteiger partial charge is 0.243 e. The second-order valence-corrected chi connectivity index (χ2v) is 21.3. The van der Waals surface area contributed by atoms with Crippen molar-refractivity contribution >= 4 is 63.2 Å². The van der Waals surface area contributed by atoms with Crippen molar-refractivity contribution in [1.29, 1.82) is 0 Å². The lowest BCUT2D eigenvalue weighted by Crippen LogP contribution is -2.60. The first-order valence-electron chi connectivity index (χ1n) is 27.9. The normalized spacial score (nSPS) is 15.3. The van der Waals surface area contributed by atoms with E-state index in [0.29, 0.717) is 74.5 Å². The summed E-state index contributed by atoms with van der Waals surface area (Å²) in [4.78, 5) is 106. The number of nitrogens with zero attached hydrogens (tertiary/aromatic N) is 4. The minimum absolute atomic E-state index is 0.00959. The Balaban J connectivity index is 1.13. The van der Waals surface area contributed by atoms with E-state index < -0.39 is 77.7 Å². The highest BCUT2D eigenvalue weighted by molar-refractivity contribution is 5.97. The molecule has 0 bridgehead atoms. The maximum atomic E-state index is 14.9. The minimum atomic E-state index is -1.29. The fraction of sp³-hybridized carbons (Fsp3) is 0.466. The number of hydrogen-bond acceptors (Lipinski definition) is 12. The Labute approximate surface area is 466 Å². The van der Waals surface area contributed by atoms with E-state index in [1.54, 1.807) is 53.9 Å². The maximum absolute atomic E-state index is 14.9. The molecule has 4 heterocycles. The van der Waals surface area contributed by atoms with Gasteiger partial charge in [0.15, 0.2) is 0 Å². The number of unbranched alkanes of at least 4 members (excludes halogenated alkanes) is 2. The van der Waals surface area contributed by atoms with Gasteiger partial charge in [0, 0.05) is 73.9 Å². The highest BCUT2D eigenvalue weighted by Gasteiger charge is 2.34. The van der Waals surface area contributed by atoms with Crippen molar-refractivity contribution in [2.75, 3.05) is 19.6 Å². The topological polar surface area (TPSA) is 349 Å². The number of H-pyrrole nitrogens is 2. The number of aromatic amines is 2. The van der Waals surface area contributed by atoms with E-state index in [2.05, 4.69) is 46.9 Å². The average Bonchev–Trinajstić information content (AvgIpc) is 4.21. The Morgan fingerprint density at radius 3 is 1.65 bits per heavy atom. The molecule has 22 nitrogen and oxygen atoms in total. The van der Waals surface area contributed by atoms with Crippen molar-refractivity contribution in [1.82, 2.24) is 56.4 Å². The molecule has 3 aromatic carbocycles.